The van der Waals surface area contributed by atoms with Crippen LogP contribution in [0.3, 0.4) is 0 Å². The van der Waals surface area contributed by atoms with Crippen LogP contribution in [0, 0.1) is 0 Å². The van der Waals surface area contributed by atoms with Crippen molar-refractivity contribution in [2.24, 2.45) is 4.99 Å². The predicted octanol–water partition coefficient (Wildman–Crippen LogP) is 3.18. The molecule has 0 aliphatic rings. The average molecular weight is 388 g/mol. The van der Waals surface area contributed by atoms with Crippen molar-refractivity contribution in [1.82, 2.24) is 20.9 Å². The summed E-state index contributed by atoms with van der Waals surface area (Å²) in [6.07, 6.45) is 3.34. The lowest BCUT2D eigenvalue weighted by atomic mass is 10.1. The zero-order valence-electron chi connectivity index (χ0n) is 17.4. The van der Waals surface area contributed by atoms with Gasteiger partial charge in [0.05, 0.1) is 0 Å². The molecule has 0 bridgehead atoms. The molecule has 4 N–H and O–H groups in total. The third-order valence-electron chi connectivity index (χ3n) is 3.98. The number of nitrogens with one attached hydrogen (secondary N) is 4. The van der Waals surface area contributed by atoms with Gasteiger partial charge in [-0.1, -0.05) is 18.2 Å². The zero-order valence-corrected chi connectivity index (χ0v) is 17.4. The van der Waals surface area contributed by atoms with Crippen molar-refractivity contribution in [1.29, 1.82) is 0 Å². The number of hydrogen-bond acceptors (Lipinski definition) is 3. The van der Waals surface area contributed by atoms with Crippen LogP contribution >= 0.6 is 0 Å². The second kappa shape index (κ2) is 10.6. The maximum absolute atomic E-state index is 11.6. The molecule has 0 spiro atoms. The Morgan fingerprint density at radius 1 is 1.14 bits per heavy atom. The van der Waals surface area contributed by atoms with Crippen molar-refractivity contribution >= 4 is 23.0 Å². The Balaban J connectivity index is 1.72. The van der Waals surface area contributed by atoms with E-state index < -0.39 is 5.60 Å². The lowest BCUT2D eigenvalue weighted by Gasteiger charge is -2.19. The van der Waals surface area contributed by atoms with Crippen LogP contribution in [-0.4, -0.2) is 48.8 Å². The third-order valence-corrected chi connectivity index (χ3v) is 3.98. The smallest absolute Gasteiger partial charge is 0.407 e. The monoisotopic (exact) mass is 387 g/mol. The van der Waals surface area contributed by atoms with E-state index in [2.05, 4.69) is 50.3 Å². The molecule has 2 aromatic rings. The Hall–Kier alpha value is -2.70. The molecule has 28 heavy (non-hydrogen) atoms. The van der Waals surface area contributed by atoms with Gasteiger partial charge < -0.3 is 25.7 Å². The molecule has 0 unspecified atom stereocenters. The van der Waals surface area contributed by atoms with E-state index in [0.29, 0.717) is 13.1 Å². The largest absolute Gasteiger partial charge is 0.444 e. The Labute approximate surface area is 167 Å². The van der Waals surface area contributed by atoms with Gasteiger partial charge in [-0.2, -0.15) is 0 Å². The van der Waals surface area contributed by atoms with E-state index in [1.807, 2.05) is 33.8 Å². The molecule has 1 heterocycles. The molecule has 0 saturated carbocycles. The first-order valence-electron chi connectivity index (χ1n) is 9.93. The number of ether oxygens (including phenoxy) is 1. The Kier molecular flexibility index (Phi) is 8.17. The number of aliphatic imine (C=N–C) groups is 1. The van der Waals surface area contributed by atoms with Crippen molar-refractivity contribution in [2.45, 2.75) is 46.1 Å². The average Bonchev–Trinajstić information content (AvgIpc) is 3.03. The summed E-state index contributed by atoms with van der Waals surface area (Å²) in [7, 11) is 0. The summed E-state index contributed by atoms with van der Waals surface area (Å²) in [5.74, 6) is 0.791. The zero-order chi connectivity index (χ0) is 20.4. The maximum Gasteiger partial charge on any atom is 0.407 e. The maximum atomic E-state index is 11.6. The molecule has 0 fully saturated rings. The molecule has 0 radical (unpaired) electrons. The number of aromatic nitrogens is 1. The number of para-hydroxylation sites is 1. The van der Waals surface area contributed by atoms with Crippen molar-refractivity contribution in [2.75, 3.05) is 26.2 Å². The lowest BCUT2D eigenvalue weighted by molar-refractivity contribution is 0.0527. The van der Waals surface area contributed by atoms with E-state index in [1.54, 1.807) is 0 Å². The SMILES string of the molecule is CCNC(=NCCCNC(=O)OC(C)(C)C)NCCc1c[nH]c2ccccc12. The molecule has 7 nitrogen and oxygen atoms in total. The first kappa shape index (κ1) is 21.6. The van der Waals surface area contributed by atoms with Gasteiger partial charge in [0.15, 0.2) is 5.96 Å². The first-order chi connectivity index (χ1) is 13.4. The summed E-state index contributed by atoms with van der Waals surface area (Å²) in [5.41, 5.74) is 1.98. The van der Waals surface area contributed by atoms with Crippen molar-refractivity contribution < 1.29 is 9.53 Å². The molecule has 0 aliphatic heterocycles. The quantitative estimate of drug-likeness (QED) is 0.318. The number of carbonyl (C=O) groups is 1. The number of H-pyrrole nitrogens is 1. The van der Waals surface area contributed by atoms with E-state index >= 15 is 0 Å². The van der Waals surface area contributed by atoms with Crippen molar-refractivity contribution in [3.8, 4) is 0 Å². The minimum atomic E-state index is -0.477. The van der Waals surface area contributed by atoms with Crippen LogP contribution < -0.4 is 16.0 Å². The van der Waals surface area contributed by atoms with Gasteiger partial charge in [0.1, 0.15) is 5.60 Å². The number of aromatic amines is 1. The second-order valence-electron chi connectivity index (χ2n) is 7.58. The second-order valence-corrected chi connectivity index (χ2v) is 7.58. The highest BCUT2D eigenvalue weighted by atomic mass is 16.6. The molecule has 2 rings (SSSR count). The number of guanidine groups is 1. The Morgan fingerprint density at radius 3 is 2.68 bits per heavy atom. The standard InChI is InChI=1S/C21H33N5O2/c1-5-22-19(23-12-8-13-25-20(27)28-21(2,3)4)24-14-11-16-15-26-18-10-7-6-9-17(16)18/h6-7,9-10,15,26H,5,8,11-14H2,1-4H3,(H,25,27)(H2,22,23,24). The van der Waals surface area contributed by atoms with Crippen LogP contribution in [0.4, 0.5) is 4.79 Å². The minimum Gasteiger partial charge on any atom is -0.444 e. The molecule has 0 saturated heterocycles. The van der Waals surface area contributed by atoms with Crippen molar-refractivity contribution in [3.05, 3.63) is 36.0 Å². The van der Waals surface area contributed by atoms with Crippen LogP contribution in [0.15, 0.2) is 35.5 Å². The number of carbonyl (C=O) groups excluding carboxylic acids is 1. The molecule has 1 amide bonds. The van der Waals surface area contributed by atoms with E-state index in [1.165, 1.54) is 10.9 Å². The van der Waals surface area contributed by atoms with Gasteiger partial charge in [-0.05, 0) is 52.2 Å². The highest BCUT2D eigenvalue weighted by molar-refractivity contribution is 5.83. The molecule has 1 aromatic heterocycles. The van der Waals surface area contributed by atoms with Crippen molar-refractivity contribution in [3.63, 3.8) is 0 Å². The van der Waals surface area contributed by atoms with Crippen LogP contribution in [0.2, 0.25) is 0 Å². The van der Waals surface area contributed by atoms with Gasteiger partial charge in [-0.15, -0.1) is 0 Å². The molecule has 0 atom stereocenters. The summed E-state index contributed by atoms with van der Waals surface area (Å²) >= 11 is 0. The number of amides is 1. The minimum absolute atomic E-state index is 0.389. The molecule has 1 aromatic carbocycles. The number of benzene rings is 1. The van der Waals surface area contributed by atoms with E-state index in [0.717, 1.165) is 37.4 Å². The number of rotatable bonds is 8. The van der Waals surface area contributed by atoms with Gasteiger partial charge >= 0.3 is 6.09 Å². The molecule has 154 valence electrons. The lowest BCUT2D eigenvalue weighted by Crippen LogP contribution is -2.38. The number of nitrogens with zero attached hydrogens (tertiary/aromatic N) is 1. The highest BCUT2D eigenvalue weighted by Crippen LogP contribution is 2.17. The third kappa shape index (κ3) is 7.50. The van der Waals surface area contributed by atoms with Crippen LogP contribution in [0.1, 0.15) is 39.7 Å². The normalized spacial score (nSPS) is 12.1. The van der Waals surface area contributed by atoms with Gasteiger partial charge in [-0.25, -0.2) is 4.79 Å². The predicted molar refractivity (Wildman–Crippen MR) is 115 cm³/mol. The number of fused-ring (bicyclic) bond motifs is 1. The summed E-state index contributed by atoms with van der Waals surface area (Å²) in [6.45, 7) is 10.3. The fourth-order valence-electron chi connectivity index (χ4n) is 2.77. The van der Waals surface area contributed by atoms with Crippen LogP contribution in [-0.2, 0) is 11.2 Å². The summed E-state index contributed by atoms with van der Waals surface area (Å²) in [4.78, 5) is 19.5. The number of hydrogen-bond donors (Lipinski definition) is 4. The fraction of sp³-hybridized carbons (Fsp3) is 0.524. The molecular formula is C21H33N5O2. The van der Waals surface area contributed by atoms with Gasteiger partial charge in [0, 0.05) is 43.3 Å². The molecule has 0 aliphatic carbocycles. The molecular weight excluding hydrogens is 354 g/mol. The summed E-state index contributed by atoms with van der Waals surface area (Å²) in [5, 5.41) is 10.6. The van der Waals surface area contributed by atoms with Crippen LogP contribution in [0.25, 0.3) is 10.9 Å². The highest BCUT2D eigenvalue weighted by Gasteiger charge is 2.15. The van der Waals surface area contributed by atoms with Crippen LogP contribution in [0.5, 0.6) is 0 Å². The van der Waals surface area contributed by atoms with E-state index in [9.17, 15) is 4.79 Å². The van der Waals surface area contributed by atoms with Gasteiger partial charge in [0.2, 0.25) is 0 Å². The first-order valence-corrected chi connectivity index (χ1v) is 9.93. The fourth-order valence-corrected chi connectivity index (χ4v) is 2.77. The van der Waals surface area contributed by atoms with Gasteiger partial charge in [-0.3, -0.25) is 4.99 Å². The van der Waals surface area contributed by atoms with E-state index in [4.69, 9.17) is 4.74 Å². The Bertz CT molecular complexity index is 776. The Morgan fingerprint density at radius 2 is 1.93 bits per heavy atom. The van der Waals surface area contributed by atoms with Gasteiger partial charge in [0.25, 0.3) is 0 Å². The summed E-state index contributed by atoms with van der Waals surface area (Å²) in [6, 6.07) is 8.32. The summed E-state index contributed by atoms with van der Waals surface area (Å²) < 4.78 is 5.21. The number of alkyl carbamates (subject to hydrolysis) is 1. The molecule has 7 heteroatoms. The van der Waals surface area contributed by atoms with E-state index in [-0.39, 0.29) is 6.09 Å². The topological polar surface area (TPSA) is 90.5 Å².